The van der Waals surface area contributed by atoms with E-state index < -0.39 is 0 Å². The Bertz CT molecular complexity index is 346. The van der Waals surface area contributed by atoms with E-state index in [4.69, 9.17) is 0 Å². The van der Waals surface area contributed by atoms with E-state index in [1.165, 1.54) is 4.88 Å². The third kappa shape index (κ3) is 3.06. The maximum Gasteiger partial charge on any atom is 0.237 e. The van der Waals surface area contributed by atoms with Gasteiger partial charge in [-0.05, 0) is 38.1 Å². The molecule has 0 bridgehead atoms. The molecule has 88 valence electrons. The maximum atomic E-state index is 11.7. The van der Waals surface area contributed by atoms with Crippen molar-refractivity contribution in [3.8, 4) is 0 Å². The molecule has 0 aromatic carbocycles. The Morgan fingerprint density at radius 3 is 2.81 bits per heavy atom. The molecule has 0 aliphatic heterocycles. The maximum absolute atomic E-state index is 11.7. The van der Waals surface area contributed by atoms with Crippen LogP contribution in [-0.2, 0) is 4.79 Å². The SMILES string of the molecule is CC(NC(C)c1cccs1)C(=O)NC1CC1. The number of hydrogen-bond donors (Lipinski definition) is 2. The lowest BCUT2D eigenvalue weighted by molar-refractivity contribution is -0.123. The zero-order valence-corrected chi connectivity index (χ0v) is 10.5. The Balaban J connectivity index is 1.81. The summed E-state index contributed by atoms with van der Waals surface area (Å²) in [5.74, 6) is 0.117. The Labute approximate surface area is 100 Å². The third-order valence-corrected chi connectivity index (χ3v) is 3.84. The molecule has 1 aliphatic carbocycles. The largest absolute Gasteiger partial charge is 0.352 e. The zero-order valence-electron chi connectivity index (χ0n) is 9.69. The van der Waals surface area contributed by atoms with Crippen molar-refractivity contribution in [1.29, 1.82) is 0 Å². The van der Waals surface area contributed by atoms with Crippen LogP contribution in [0.2, 0.25) is 0 Å². The van der Waals surface area contributed by atoms with E-state index in [-0.39, 0.29) is 18.0 Å². The number of carbonyl (C=O) groups excluding carboxylic acids is 1. The fraction of sp³-hybridized carbons (Fsp3) is 0.583. The van der Waals surface area contributed by atoms with E-state index in [1.54, 1.807) is 11.3 Å². The van der Waals surface area contributed by atoms with Gasteiger partial charge < -0.3 is 5.32 Å². The molecule has 0 saturated heterocycles. The molecule has 4 heteroatoms. The summed E-state index contributed by atoms with van der Waals surface area (Å²) in [5, 5.41) is 8.38. The van der Waals surface area contributed by atoms with Crippen molar-refractivity contribution in [2.45, 2.75) is 44.8 Å². The van der Waals surface area contributed by atoms with Gasteiger partial charge in [-0.25, -0.2) is 0 Å². The fourth-order valence-electron chi connectivity index (χ4n) is 1.62. The molecule has 2 N–H and O–H groups in total. The van der Waals surface area contributed by atoms with Crippen molar-refractivity contribution >= 4 is 17.2 Å². The van der Waals surface area contributed by atoms with Crippen LogP contribution in [0, 0.1) is 0 Å². The third-order valence-electron chi connectivity index (χ3n) is 2.79. The molecule has 1 aliphatic rings. The molecular weight excluding hydrogens is 220 g/mol. The standard InChI is InChI=1S/C12H18N2OS/c1-8(11-4-3-7-16-11)13-9(2)12(15)14-10-5-6-10/h3-4,7-10,13H,5-6H2,1-2H3,(H,14,15). The second kappa shape index (κ2) is 4.97. The van der Waals surface area contributed by atoms with Gasteiger partial charge in [-0.15, -0.1) is 11.3 Å². The van der Waals surface area contributed by atoms with E-state index in [9.17, 15) is 4.79 Å². The quantitative estimate of drug-likeness (QED) is 0.824. The second-order valence-corrected chi connectivity index (χ2v) is 5.39. The first-order chi connectivity index (χ1) is 7.66. The van der Waals surface area contributed by atoms with Gasteiger partial charge in [0.2, 0.25) is 5.91 Å². The Kier molecular flexibility index (Phi) is 3.61. The lowest BCUT2D eigenvalue weighted by atomic mass is 10.2. The monoisotopic (exact) mass is 238 g/mol. The molecule has 16 heavy (non-hydrogen) atoms. The van der Waals surface area contributed by atoms with Gasteiger partial charge in [-0.3, -0.25) is 10.1 Å². The first kappa shape index (κ1) is 11.6. The smallest absolute Gasteiger partial charge is 0.237 e. The molecule has 1 saturated carbocycles. The van der Waals surface area contributed by atoms with E-state index >= 15 is 0 Å². The van der Waals surface area contributed by atoms with Crippen molar-refractivity contribution < 1.29 is 4.79 Å². The molecule has 0 spiro atoms. The topological polar surface area (TPSA) is 41.1 Å². The van der Waals surface area contributed by atoms with E-state index in [1.807, 2.05) is 13.0 Å². The van der Waals surface area contributed by atoms with Crippen molar-refractivity contribution in [3.05, 3.63) is 22.4 Å². The van der Waals surface area contributed by atoms with Crippen molar-refractivity contribution in [2.75, 3.05) is 0 Å². The van der Waals surface area contributed by atoms with Gasteiger partial charge in [-0.2, -0.15) is 0 Å². The van der Waals surface area contributed by atoms with Crippen molar-refractivity contribution in [2.24, 2.45) is 0 Å². The lowest BCUT2D eigenvalue weighted by Crippen LogP contribution is -2.43. The van der Waals surface area contributed by atoms with Gasteiger partial charge in [-0.1, -0.05) is 6.07 Å². The Morgan fingerprint density at radius 2 is 2.25 bits per heavy atom. The van der Waals surface area contributed by atoms with Crippen LogP contribution in [0.4, 0.5) is 0 Å². The zero-order chi connectivity index (χ0) is 11.5. The van der Waals surface area contributed by atoms with Gasteiger partial charge >= 0.3 is 0 Å². The van der Waals surface area contributed by atoms with Crippen molar-refractivity contribution in [3.63, 3.8) is 0 Å². The van der Waals surface area contributed by atoms with Crippen LogP contribution >= 0.6 is 11.3 Å². The Hall–Kier alpha value is -0.870. The van der Waals surface area contributed by atoms with Crippen LogP contribution in [0.5, 0.6) is 0 Å². The number of thiophene rings is 1. The van der Waals surface area contributed by atoms with E-state index in [2.05, 4.69) is 29.0 Å². The molecular formula is C12H18N2OS. The molecule has 2 atom stereocenters. The predicted octanol–water partition coefficient (Wildman–Crippen LogP) is 2.07. The first-order valence-electron chi connectivity index (χ1n) is 5.76. The normalized spacial score (nSPS) is 19.1. The molecule has 3 nitrogen and oxygen atoms in total. The molecule has 1 aromatic heterocycles. The highest BCUT2D eigenvalue weighted by atomic mass is 32.1. The molecule has 2 rings (SSSR count). The van der Waals surface area contributed by atoms with Crippen LogP contribution in [0.3, 0.4) is 0 Å². The van der Waals surface area contributed by atoms with Gasteiger partial charge in [0.25, 0.3) is 0 Å². The summed E-state index contributed by atoms with van der Waals surface area (Å²) in [4.78, 5) is 13.0. The number of nitrogens with one attached hydrogen (secondary N) is 2. The summed E-state index contributed by atoms with van der Waals surface area (Å²) in [5.41, 5.74) is 0. The minimum absolute atomic E-state index is 0.117. The fourth-order valence-corrected chi connectivity index (χ4v) is 2.37. The summed E-state index contributed by atoms with van der Waals surface area (Å²) in [6, 6.07) is 4.67. The second-order valence-electron chi connectivity index (χ2n) is 4.41. The van der Waals surface area contributed by atoms with Crippen LogP contribution in [0.25, 0.3) is 0 Å². The average molecular weight is 238 g/mol. The summed E-state index contributed by atoms with van der Waals surface area (Å²) >= 11 is 1.72. The molecule has 1 aromatic rings. The molecule has 2 unspecified atom stereocenters. The van der Waals surface area contributed by atoms with Gasteiger partial charge in [0, 0.05) is 17.0 Å². The van der Waals surface area contributed by atoms with Gasteiger partial charge in [0.15, 0.2) is 0 Å². The average Bonchev–Trinajstić information content (AvgIpc) is 2.89. The van der Waals surface area contributed by atoms with E-state index in [0.29, 0.717) is 6.04 Å². The highest BCUT2D eigenvalue weighted by Gasteiger charge is 2.26. The van der Waals surface area contributed by atoms with Gasteiger partial charge in [0.1, 0.15) is 0 Å². The summed E-state index contributed by atoms with van der Waals surface area (Å²) in [6.45, 7) is 4.01. The number of hydrogen-bond acceptors (Lipinski definition) is 3. The summed E-state index contributed by atoms with van der Waals surface area (Å²) < 4.78 is 0. The first-order valence-corrected chi connectivity index (χ1v) is 6.64. The number of carbonyl (C=O) groups is 1. The van der Waals surface area contributed by atoms with Gasteiger partial charge in [0.05, 0.1) is 6.04 Å². The van der Waals surface area contributed by atoms with Crippen LogP contribution in [-0.4, -0.2) is 18.0 Å². The molecule has 1 amide bonds. The minimum atomic E-state index is -0.127. The molecule has 0 radical (unpaired) electrons. The number of rotatable bonds is 5. The van der Waals surface area contributed by atoms with Crippen molar-refractivity contribution in [1.82, 2.24) is 10.6 Å². The summed E-state index contributed by atoms with van der Waals surface area (Å²) in [6.07, 6.45) is 2.28. The number of amides is 1. The minimum Gasteiger partial charge on any atom is -0.352 e. The highest BCUT2D eigenvalue weighted by Crippen LogP contribution is 2.20. The molecule has 1 heterocycles. The highest BCUT2D eigenvalue weighted by molar-refractivity contribution is 7.10. The van der Waals surface area contributed by atoms with Crippen LogP contribution in [0.15, 0.2) is 17.5 Å². The molecule has 1 fully saturated rings. The Morgan fingerprint density at radius 1 is 1.50 bits per heavy atom. The van der Waals surface area contributed by atoms with E-state index in [0.717, 1.165) is 12.8 Å². The van der Waals surface area contributed by atoms with Crippen LogP contribution in [0.1, 0.15) is 37.6 Å². The lowest BCUT2D eigenvalue weighted by Gasteiger charge is -2.18. The summed E-state index contributed by atoms with van der Waals surface area (Å²) in [7, 11) is 0. The van der Waals surface area contributed by atoms with Crippen LogP contribution < -0.4 is 10.6 Å². The predicted molar refractivity (Wildman–Crippen MR) is 66.5 cm³/mol.